The number of aryl methyl sites for hydroxylation is 1. The van der Waals surface area contributed by atoms with Gasteiger partial charge in [0, 0.05) is 25.9 Å². The molecule has 2 N–H and O–H groups in total. The molecule has 8 nitrogen and oxygen atoms in total. The van der Waals surface area contributed by atoms with Gasteiger partial charge in [0.05, 0.1) is 24.6 Å². The number of aromatic nitrogens is 3. The number of hydrogen-bond donors (Lipinski definition) is 2. The highest BCUT2D eigenvalue weighted by molar-refractivity contribution is 5.90. The van der Waals surface area contributed by atoms with Gasteiger partial charge >= 0.3 is 12.0 Å². The number of carboxylic acid groups (broad SMARTS) is 1. The molecule has 2 aromatic rings. The van der Waals surface area contributed by atoms with Crippen LogP contribution in [0.15, 0.2) is 30.7 Å². The molecule has 110 valence electrons. The summed E-state index contributed by atoms with van der Waals surface area (Å²) in [6.45, 7) is 0.417. The minimum absolute atomic E-state index is 0.0725. The lowest BCUT2D eigenvalue weighted by Crippen LogP contribution is -2.30. The fourth-order valence-corrected chi connectivity index (χ4v) is 1.71. The molecule has 0 saturated heterocycles. The number of pyridine rings is 1. The van der Waals surface area contributed by atoms with Crippen molar-refractivity contribution in [3.63, 3.8) is 0 Å². The van der Waals surface area contributed by atoms with Gasteiger partial charge in [-0.25, -0.2) is 14.6 Å². The normalized spacial score (nSPS) is 10.2. The molecule has 0 spiro atoms. The van der Waals surface area contributed by atoms with Crippen LogP contribution in [0, 0.1) is 0 Å². The molecule has 0 aromatic carbocycles. The summed E-state index contributed by atoms with van der Waals surface area (Å²) in [5.74, 6) is -1.11. The van der Waals surface area contributed by atoms with Crippen LogP contribution in [0.3, 0.4) is 0 Å². The molecule has 2 rings (SSSR count). The van der Waals surface area contributed by atoms with Crippen molar-refractivity contribution < 1.29 is 14.7 Å². The summed E-state index contributed by atoms with van der Waals surface area (Å²) < 4.78 is 1.66. The summed E-state index contributed by atoms with van der Waals surface area (Å²) >= 11 is 0. The van der Waals surface area contributed by atoms with Gasteiger partial charge in [0.2, 0.25) is 0 Å². The van der Waals surface area contributed by atoms with E-state index in [1.165, 1.54) is 23.2 Å². The predicted molar refractivity (Wildman–Crippen MR) is 74.9 cm³/mol. The van der Waals surface area contributed by atoms with Crippen molar-refractivity contribution in [2.75, 3.05) is 12.4 Å². The zero-order chi connectivity index (χ0) is 15.4. The second kappa shape index (κ2) is 6.04. The SMILES string of the molecule is CN(Cc1cnn(C)c1)C(=O)Nc1ccc(C(=O)O)nc1. The van der Waals surface area contributed by atoms with Gasteiger partial charge in [-0.05, 0) is 12.1 Å². The van der Waals surface area contributed by atoms with Gasteiger partial charge in [-0.3, -0.25) is 4.68 Å². The Morgan fingerprint density at radius 2 is 2.14 bits per heavy atom. The van der Waals surface area contributed by atoms with E-state index in [1.54, 1.807) is 25.0 Å². The molecule has 0 saturated carbocycles. The van der Waals surface area contributed by atoms with E-state index in [2.05, 4.69) is 15.4 Å². The van der Waals surface area contributed by atoms with Gasteiger partial charge in [-0.2, -0.15) is 5.10 Å². The molecule has 0 fully saturated rings. The minimum atomic E-state index is -1.11. The Labute approximate surface area is 121 Å². The van der Waals surface area contributed by atoms with Crippen LogP contribution in [0.1, 0.15) is 16.1 Å². The van der Waals surface area contributed by atoms with Crippen LogP contribution >= 0.6 is 0 Å². The van der Waals surface area contributed by atoms with Crippen LogP contribution in [-0.4, -0.2) is 43.8 Å². The Morgan fingerprint density at radius 1 is 1.38 bits per heavy atom. The van der Waals surface area contributed by atoms with Crippen LogP contribution in [0.2, 0.25) is 0 Å². The molecule has 0 aliphatic heterocycles. The predicted octanol–water partition coefficient (Wildman–Crippen LogP) is 1.18. The first-order valence-electron chi connectivity index (χ1n) is 6.14. The number of nitrogens with one attached hydrogen (secondary N) is 1. The lowest BCUT2D eigenvalue weighted by atomic mass is 10.3. The zero-order valence-electron chi connectivity index (χ0n) is 11.6. The average molecular weight is 289 g/mol. The number of carbonyl (C=O) groups is 2. The maximum Gasteiger partial charge on any atom is 0.354 e. The van der Waals surface area contributed by atoms with Crippen LogP contribution < -0.4 is 5.32 Å². The maximum atomic E-state index is 12.0. The molecule has 2 heterocycles. The fraction of sp³-hybridized carbons (Fsp3) is 0.231. The molecule has 2 aromatic heterocycles. The molecule has 8 heteroatoms. The van der Waals surface area contributed by atoms with Gasteiger partial charge in [-0.1, -0.05) is 0 Å². The number of hydrogen-bond acceptors (Lipinski definition) is 4. The van der Waals surface area contributed by atoms with Gasteiger partial charge in [0.15, 0.2) is 0 Å². The summed E-state index contributed by atoms with van der Waals surface area (Å²) in [4.78, 5) is 27.9. The third-order valence-corrected chi connectivity index (χ3v) is 2.76. The summed E-state index contributed by atoms with van der Waals surface area (Å²) in [5.41, 5.74) is 1.27. The van der Waals surface area contributed by atoms with Crippen LogP contribution in [0.25, 0.3) is 0 Å². The quantitative estimate of drug-likeness (QED) is 0.880. The highest BCUT2D eigenvalue weighted by Crippen LogP contribution is 2.08. The van der Waals surface area contributed by atoms with Crippen molar-refractivity contribution in [1.29, 1.82) is 0 Å². The molecule has 2 amide bonds. The van der Waals surface area contributed by atoms with Crippen LogP contribution in [-0.2, 0) is 13.6 Å². The van der Waals surface area contributed by atoms with Gasteiger partial charge < -0.3 is 15.3 Å². The standard InChI is InChI=1S/C13H15N5O3/c1-17(7-9-5-15-18(2)8-9)13(21)16-10-3-4-11(12(19)20)14-6-10/h3-6,8H,7H2,1-2H3,(H,16,21)(H,19,20). The second-order valence-corrected chi connectivity index (χ2v) is 4.55. The molecular formula is C13H15N5O3. The number of urea groups is 1. The monoisotopic (exact) mass is 289 g/mol. The molecule has 0 aliphatic carbocycles. The number of aromatic carboxylic acids is 1. The second-order valence-electron chi connectivity index (χ2n) is 4.55. The Kier molecular flexibility index (Phi) is 4.17. The Bertz CT molecular complexity index is 650. The van der Waals surface area contributed by atoms with Crippen molar-refractivity contribution in [3.05, 3.63) is 42.0 Å². The molecule has 0 unspecified atom stereocenters. The van der Waals surface area contributed by atoms with E-state index in [4.69, 9.17) is 5.11 Å². The summed E-state index contributed by atoms with van der Waals surface area (Å²) in [6.07, 6.45) is 4.82. The zero-order valence-corrected chi connectivity index (χ0v) is 11.6. The maximum absolute atomic E-state index is 12.0. The highest BCUT2D eigenvalue weighted by atomic mass is 16.4. The van der Waals surface area contributed by atoms with E-state index in [9.17, 15) is 9.59 Å². The molecule has 21 heavy (non-hydrogen) atoms. The molecular weight excluding hydrogens is 274 g/mol. The molecule has 0 bridgehead atoms. The van der Waals surface area contributed by atoms with E-state index < -0.39 is 5.97 Å². The van der Waals surface area contributed by atoms with E-state index in [0.29, 0.717) is 12.2 Å². The van der Waals surface area contributed by atoms with Crippen molar-refractivity contribution in [2.45, 2.75) is 6.54 Å². The van der Waals surface area contributed by atoms with E-state index >= 15 is 0 Å². The van der Waals surface area contributed by atoms with Gasteiger partial charge in [0.25, 0.3) is 0 Å². The lowest BCUT2D eigenvalue weighted by Gasteiger charge is -2.17. The number of carbonyl (C=O) groups excluding carboxylic acids is 1. The number of anilines is 1. The third-order valence-electron chi connectivity index (χ3n) is 2.76. The highest BCUT2D eigenvalue weighted by Gasteiger charge is 2.11. The molecule has 0 atom stereocenters. The lowest BCUT2D eigenvalue weighted by molar-refractivity contribution is 0.0690. The first-order valence-corrected chi connectivity index (χ1v) is 6.14. The topological polar surface area (TPSA) is 100 Å². The average Bonchev–Trinajstić information content (AvgIpc) is 2.84. The van der Waals surface area contributed by atoms with Gasteiger partial charge in [0.1, 0.15) is 5.69 Å². The van der Waals surface area contributed by atoms with Crippen molar-refractivity contribution in [1.82, 2.24) is 19.7 Å². The Hall–Kier alpha value is -2.90. The Balaban J connectivity index is 1.95. The smallest absolute Gasteiger partial charge is 0.354 e. The number of amides is 2. The van der Waals surface area contributed by atoms with Gasteiger partial charge in [-0.15, -0.1) is 0 Å². The summed E-state index contributed by atoms with van der Waals surface area (Å²) in [5, 5.41) is 15.4. The number of carboxylic acids is 1. The van der Waals surface area contributed by atoms with E-state index in [1.807, 2.05) is 6.20 Å². The fourth-order valence-electron chi connectivity index (χ4n) is 1.71. The first-order chi connectivity index (χ1) is 9.95. The van der Waals surface area contributed by atoms with E-state index in [-0.39, 0.29) is 11.7 Å². The Morgan fingerprint density at radius 3 is 2.67 bits per heavy atom. The minimum Gasteiger partial charge on any atom is -0.477 e. The summed E-state index contributed by atoms with van der Waals surface area (Å²) in [6, 6.07) is 2.51. The molecule has 0 radical (unpaired) electrons. The largest absolute Gasteiger partial charge is 0.477 e. The first kappa shape index (κ1) is 14.5. The van der Waals surface area contributed by atoms with Crippen molar-refractivity contribution >= 4 is 17.7 Å². The van der Waals surface area contributed by atoms with Crippen molar-refractivity contribution in [3.8, 4) is 0 Å². The summed E-state index contributed by atoms with van der Waals surface area (Å²) in [7, 11) is 3.46. The van der Waals surface area contributed by atoms with Crippen LogP contribution in [0.4, 0.5) is 10.5 Å². The van der Waals surface area contributed by atoms with Crippen molar-refractivity contribution in [2.24, 2.45) is 7.05 Å². The molecule has 0 aliphatic rings. The van der Waals surface area contributed by atoms with Crippen LogP contribution in [0.5, 0.6) is 0 Å². The number of rotatable bonds is 4. The third kappa shape index (κ3) is 3.78. The number of nitrogens with zero attached hydrogens (tertiary/aromatic N) is 4. The van der Waals surface area contributed by atoms with E-state index in [0.717, 1.165) is 5.56 Å².